The molecular weight excluding hydrogens is 294 g/mol. The molecule has 0 saturated carbocycles. The van der Waals surface area contributed by atoms with Gasteiger partial charge in [-0.2, -0.15) is 0 Å². The largest absolute Gasteiger partial charge is 0.349 e. The molecule has 0 aliphatic heterocycles. The highest BCUT2D eigenvalue weighted by molar-refractivity contribution is 5.95. The summed E-state index contributed by atoms with van der Waals surface area (Å²) in [7, 11) is 0. The Bertz CT molecular complexity index is 828. The van der Waals surface area contributed by atoms with Crippen molar-refractivity contribution in [3.8, 4) is 11.1 Å². The van der Waals surface area contributed by atoms with Gasteiger partial charge in [0.1, 0.15) is 0 Å². The molecule has 3 aromatic carbocycles. The third-order valence-corrected chi connectivity index (χ3v) is 4.64. The number of amides is 1. The maximum absolute atomic E-state index is 12.5. The minimum absolute atomic E-state index is 0.00687. The fraction of sp³-hybridized carbons (Fsp3) is 0.136. The Kier molecular flexibility index (Phi) is 3.87. The van der Waals surface area contributed by atoms with E-state index >= 15 is 0 Å². The van der Waals surface area contributed by atoms with Gasteiger partial charge in [-0.1, -0.05) is 66.7 Å². The standard InChI is InChI=1S/C22H19NO/c24-22(23-21-14-19-8-4-5-9-20(19)15-21)18-12-10-17(11-13-18)16-6-2-1-3-7-16/h1-13,21H,14-15H2,(H,23,24). The summed E-state index contributed by atoms with van der Waals surface area (Å²) in [5, 5.41) is 3.16. The van der Waals surface area contributed by atoms with Crippen LogP contribution in [0.1, 0.15) is 21.5 Å². The van der Waals surface area contributed by atoms with Crippen molar-refractivity contribution in [2.45, 2.75) is 18.9 Å². The van der Waals surface area contributed by atoms with Gasteiger partial charge in [-0.15, -0.1) is 0 Å². The highest BCUT2D eigenvalue weighted by Crippen LogP contribution is 2.22. The van der Waals surface area contributed by atoms with Gasteiger partial charge in [0.05, 0.1) is 0 Å². The summed E-state index contributed by atoms with van der Waals surface area (Å²) in [6, 6.07) is 26.6. The molecule has 0 fully saturated rings. The van der Waals surface area contributed by atoms with Crippen LogP contribution in [0.5, 0.6) is 0 Å². The zero-order chi connectivity index (χ0) is 16.4. The van der Waals surface area contributed by atoms with Crippen LogP contribution in [0.3, 0.4) is 0 Å². The second-order valence-electron chi connectivity index (χ2n) is 6.29. The van der Waals surface area contributed by atoms with Crippen LogP contribution in [0.4, 0.5) is 0 Å². The lowest BCUT2D eigenvalue weighted by Gasteiger charge is -2.12. The fourth-order valence-corrected chi connectivity index (χ4v) is 3.37. The van der Waals surface area contributed by atoms with E-state index in [-0.39, 0.29) is 11.9 Å². The molecule has 0 unspecified atom stereocenters. The van der Waals surface area contributed by atoms with Gasteiger partial charge in [0, 0.05) is 11.6 Å². The van der Waals surface area contributed by atoms with E-state index in [1.807, 2.05) is 42.5 Å². The molecule has 1 N–H and O–H groups in total. The van der Waals surface area contributed by atoms with Crippen molar-refractivity contribution >= 4 is 5.91 Å². The van der Waals surface area contributed by atoms with Crippen LogP contribution in [0, 0.1) is 0 Å². The SMILES string of the molecule is O=C(NC1Cc2ccccc2C1)c1ccc(-c2ccccc2)cc1. The lowest BCUT2D eigenvalue weighted by atomic mass is 10.0. The molecule has 0 radical (unpaired) electrons. The lowest BCUT2D eigenvalue weighted by Crippen LogP contribution is -2.35. The summed E-state index contributed by atoms with van der Waals surface area (Å²) in [5.74, 6) is 0.00687. The molecule has 0 atom stereocenters. The molecule has 0 spiro atoms. The van der Waals surface area contributed by atoms with Crippen molar-refractivity contribution < 1.29 is 4.79 Å². The van der Waals surface area contributed by atoms with E-state index in [0.717, 1.165) is 24.0 Å². The second-order valence-corrected chi connectivity index (χ2v) is 6.29. The van der Waals surface area contributed by atoms with Gasteiger partial charge in [-0.05, 0) is 47.2 Å². The molecule has 1 aliphatic carbocycles. The van der Waals surface area contributed by atoms with E-state index in [2.05, 4.69) is 41.7 Å². The van der Waals surface area contributed by atoms with Gasteiger partial charge in [0.2, 0.25) is 0 Å². The van der Waals surface area contributed by atoms with Crippen molar-refractivity contribution in [1.82, 2.24) is 5.32 Å². The van der Waals surface area contributed by atoms with Gasteiger partial charge in [0.15, 0.2) is 0 Å². The molecule has 118 valence electrons. The number of benzene rings is 3. The molecule has 0 saturated heterocycles. The minimum Gasteiger partial charge on any atom is -0.349 e. The first-order valence-electron chi connectivity index (χ1n) is 8.33. The lowest BCUT2D eigenvalue weighted by molar-refractivity contribution is 0.0938. The highest BCUT2D eigenvalue weighted by Gasteiger charge is 2.22. The maximum Gasteiger partial charge on any atom is 0.251 e. The molecule has 2 heteroatoms. The van der Waals surface area contributed by atoms with Gasteiger partial charge < -0.3 is 5.32 Å². The van der Waals surface area contributed by atoms with Crippen LogP contribution in [0.25, 0.3) is 11.1 Å². The normalized spacial score (nSPS) is 13.5. The number of hydrogen-bond donors (Lipinski definition) is 1. The Morgan fingerprint density at radius 2 is 1.25 bits per heavy atom. The van der Waals surface area contributed by atoms with E-state index in [9.17, 15) is 4.79 Å². The molecule has 0 bridgehead atoms. The van der Waals surface area contributed by atoms with Crippen molar-refractivity contribution in [1.29, 1.82) is 0 Å². The molecule has 0 aromatic heterocycles. The molecule has 1 aliphatic rings. The van der Waals surface area contributed by atoms with Gasteiger partial charge in [-0.3, -0.25) is 4.79 Å². The summed E-state index contributed by atoms with van der Waals surface area (Å²) in [6.45, 7) is 0. The van der Waals surface area contributed by atoms with Crippen LogP contribution >= 0.6 is 0 Å². The molecule has 3 aromatic rings. The maximum atomic E-state index is 12.5. The second kappa shape index (κ2) is 6.32. The van der Waals surface area contributed by atoms with Crippen molar-refractivity contribution in [2.24, 2.45) is 0 Å². The van der Waals surface area contributed by atoms with Crippen LogP contribution in [0.15, 0.2) is 78.9 Å². The van der Waals surface area contributed by atoms with Crippen LogP contribution in [-0.4, -0.2) is 11.9 Å². The van der Waals surface area contributed by atoms with Crippen molar-refractivity contribution in [3.05, 3.63) is 95.6 Å². The fourth-order valence-electron chi connectivity index (χ4n) is 3.37. The quantitative estimate of drug-likeness (QED) is 0.769. The molecular formula is C22H19NO. The van der Waals surface area contributed by atoms with E-state index in [0.29, 0.717) is 5.56 Å². The Morgan fingerprint density at radius 3 is 1.88 bits per heavy atom. The predicted octanol–water partition coefficient (Wildman–Crippen LogP) is 4.25. The zero-order valence-electron chi connectivity index (χ0n) is 13.4. The number of fused-ring (bicyclic) bond motifs is 1. The van der Waals surface area contributed by atoms with Crippen LogP contribution in [0.2, 0.25) is 0 Å². The Labute approximate surface area is 142 Å². The van der Waals surface area contributed by atoms with Gasteiger partial charge in [0.25, 0.3) is 5.91 Å². The number of rotatable bonds is 3. The van der Waals surface area contributed by atoms with E-state index in [1.54, 1.807) is 0 Å². The van der Waals surface area contributed by atoms with Crippen LogP contribution in [-0.2, 0) is 12.8 Å². The molecule has 1 amide bonds. The smallest absolute Gasteiger partial charge is 0.251 e. The summed E-state index contributed by atoms with van der Waals surface area (Å²) in [5.41, 5.74) is 5.70. The highest BCUT2D eigenvalue weighted by atomic mass is 16.1. The Morgan fingerprint density at radius 1 is 0.708 bits per heavy atom. The topological polar surface area (TPSA) is 29.1 Å². The van der Waals surface area contributed by atoms with E-state index < -0.39 is 0 Å². The third kappa shape index (κ3) is 2.95. The Balaban J connectivity index is 1.44. The van der Waals surface area contributed by atoms with Crippen LogP contribution < -0.4 is 5.32 Å². The van der Waals surface area contributed by atoms with Crippen molar-refractivity contribution in [3.63, 3.8) is 0 Å². The molecule has 24 heavy (non-hydrogen) atoms. The summed E-state index contributed by atoms with van der Waals surface area (Å²) in [6.07, 6.45) is 1.84. The first-order chi connectivity index (χ1) is 11.8. The zero-order valence-corrected chi connectivity index (χ0v) is 13.4. The molecule has 2 nitrogen and oxygen atoms in total. The molecule has 0 heterocycles. The monoisotopic (exact) mass is 313 g/mol. The Hall–Kier alpha value is -2.87. The average molecular weight is 313 g/mol. The summed E-state index contributed by atoms with van der Waals surface area (Å²) >= 11 is 0. The van der Waals surface area contributed by atoms with Gasteiger partial charge in [-0.25, -0.2) is 0 Å². The number of nitrogens with one attached hydrogen (secondary N) is 1. The summed E-state index contributed by atoms with van der Waals surface area (Å²) in [4.78, 5) is 12.5. The van der Waals surface area contributed by atoms with Crippen molar-refractivity contribution in [2.75, 3.05) is 0 Å². The minimum atomic E-state index is 0.00687. The number of carbonyl (C=O) groups is 1. The first kappa shape index (κ1) is 14.7. The van der Waals surface area contributed by atoms with E-state index in [1.165, 1.54) is 11.1 Å². The first-order valence-corrected chi connectivity index (χ1v) is 8.33. The summed E-state index contributed by atoms with van der Waals surface area (Å²) < 4.78 is 0. The predicted molar refractivity (Wildman–Crippen MR) is 97.0 cm³/mol. The van der Waals surface area contributed by atoms with Gasteiger partial charge >= 0.3 is 0 Å². The average Bonchev–Trinajstić information content (AvgIpc) is 3.05. The van der Waals surface area contributed by atoms with E-state index in [4.69, 9.17) is 0 Å². The number of carbonyl (C=O) groups excluding carboxylic acids is 1. The third-order valence-electron chi connectivity index (χ3n) is 4.64. The molecule has 4 rings (SSSR count). The number of hydrogen-bond acceptors (Lipinski definition) is 1.